The molecule has 45 heavy (non-hydrogen) atoms. The number of hydrogen-bond acceptors (Lipinski definition) is 7. The third-order valence-electron chi connectivity index (χ3n) is 6.97. The lowest BCUT2D eigenvalue weighted by atomic mass is 10.0. The summed E-state index contributed by atoms with van der Waals surface area (Å²) >= 11 is 0. The maximum atomic E-state index is 15.3. The molecular weight excluding hydrogens is 596 g/mol. The number of Topliss-reactive ketones (excluding diaryl/α,β-unsaturated/α-hetero) is 1. The molecule has 0 amide bonds. The van der Waals surface area contributed by atoms with E-state index < -0.39 is 53.6 Å². The van der Waals surface area contributed by atoms with E-state index in [-0.39, 0.29) is 46.2 Å². The van der Waals surface area contributed by atoms with Gasteiger partial charge in [-0.1, -0.05) is 6.07 Å². The zero-order valence-corrected chi connectivity index (χ0v) is 24.4. The van der Waals surface area contributed by atoms with Crippen molar-refractivity contribution in [3.8, 4) is 17.2 Å². The molecule has 14 heteroatoms. The van der Waals surface area contributed by atoms with E-state index in [1.165, 1.54) is 47.3 Å². The third kappa shape index (κ3) is 6.64. The lowest BCUT2D eigenvalue weighted by molar-refractivity contribution is 0.0989. The molecule has 0 radical (unpaired) electrons. The van der Waals surface area contributed by atoms with Gasteiger partial charge >= 0.3 is 5.69 Å². The average Bonchev–Trinajstić information content (AvgIpc) is 3.38. The van der Waals surface area contributed by atoms with Gasteiger partial charge in [0.1, 0.15) is 22.5 Å². The van der Waals surface area contributed by atoms with Crippen molar-refractivity contribution >= 4 is 22.6 Å². The Bertz CT molecular complexity index is 1990. The Morgan fingerprint density at radius 1 is 1.02 bits per heavy atom. The summed E-state index contributed by atoms with van der Waals surface area (Å²) in [6, 6.07) is 8.97. The van der Waals surface area contributed by atoms with Crippen LogP contribution in [0.2, 0.25) is 0 Å². The van der Waals surface area contributed by atoms with Crippen molar-refractivity contribution in [1.29, 1.82) is 0 Å². The van der Waals surface area contributed by atoms with E-state index in [9.17, 15) is 27.6 Å². The van der Waals surface area contributed by atoms with Crippen LogP contribution < -0.4 is 21.3 Å². The van der Waals surface area contributed by atoms with Gasteiger partial charge in [-0.3, -0.25) is 19.3 Å². The van der Waals surface area contributed by atoms with Crippen LogP contribution in [0.1, 0.15) is 49.2 Å². The number of nitrogens with zero attached hydrogens (tertiary/aromatic N) is 4. The van der Waals surface area contributed by atoms with Crippen molar-refractivity contribution in [3.63, 3.8) is 0 Å². The summed E-state index contributed by atoms with van der Waals surface area (Å²) in [7, 11) is 0. The fraction of sp³-hybridized carbons (Fsp3) is 0.258. The van der Waals surface area contributed by atoms with Crippen molar-refractivity contribution in [1.82, 2.24) is 24.3 Å². The minimum Gasteiger partial charge on any atom is -0.453 e. The van der Waals surface area contributed by atoms with Gasteiger partial charge in [0.25, 0.3) is 5.56 Å². The number of ether oxygens (including phenoxy) is 1. The van der Waals surface area contributed by atoms with E-state index in [1.54, 1.807) is 20.8 Å². The quantitative estimate of drug-likeness (QED) is 0.141. The highest BCUT2D eigenvalue weighted by atomic mass is 19.3. The maximum absolute atomic E-state index is 15.3. The zero-order valence-electron chi connectivity index (χ0n) is 24.4. The number of hydrogen-bond donors (Lipinski definition) is 2. The van der Waals surface area contributed by atoms with Crippen LogP contribution in [0.15, 0.2) is 70.5 Å². The molecule has 1 unspecified atom stereocenters. The predicted octanol–water partition coefficient (Wildman–Crippen LogP) is 5.80. The van der Waals surface area contributed by atoms with Gasteiger partial charge in [0.2, 0.25) is 6.43 Å². The fourth-order valence-electron chi connectivity index (χ4n) is 4.76. The minimum atomic E-state index is -2.52. The first-order chi connectivity index (χ1) is 21.4. The molecule has 5 aromatic rings. The van der Waals surface area contributed by atoms with Crippen LogP contribution in [0.25, 0.3) is 16.7 Å². The third-order valence-corrected chi connectivity index (χ3v) is 6.97. The van der Waals surface area contributed by atoms with E-state index in [2.05, 4.69) is 20.5 Å². The van der Waals surface area contributed by atoms with Gasteiger partial charge in [0.15, 0.2) is 28.8 Å². The van der Waals surface area contributed by atoms with Gasteiger partial charge in [0.05, 0.1) is 5.69 Å². The molecule has 10 nitrogen and oxygen atoms in total. The molecule has 3 aromatic heterocycles. The maximum Gasteiger partial charge on any atom is 0.335 e. The topological polar surface area (TPSA) is 124 Å². The van der Waals surface area contributed by atoms with Gasteiger partial charge in [-0.15, -0.1) is 0 Å². The second kappa shape index (κ2) is 12.8. The highest BCUT2D eigenvalue weighted by molar-refractivity contribution is 5.97. The zero-order chi connectivity index (χ0) is 32.4. The first kappa shape index (κ1) is 31.2. The summed E-state index contributed by atoms with van der Waals surface area (Å²) in [5, 5.41) is 9.97. The standard InChI is InChI=1S/C31H28F4N6O4/c1-16(2)40-15-21(30(43)41(31(40)44)20-7-5-19(32)6-8-20)23(42)14-18-4-9-24(22(33)13-18)45-25-10-11-36-28-27(25)29(39-38-28)37-17(3)12-26(34)35/h4-11,13,15-17,26H,12,14H2,1-3H3,(H2,36,37,38,39). The SMILES string of the molecule is CC(CC(F)F)Nc1n[nH]c2nccc(Oc3ccc(CC(=O)c4cn(C(C)C)c(=O)n(-c5ccc(F)cc5)c4=O)cc3F)c12. The molecule has 0 fully saturated rings. The van der Waals surface area contributed by atoms with Crippen molar-refractivity contribution in [2.75, 3.05) is 5.32 Å². The first-order valence-electron chi connectivity index (χ1n) is 13.9. The monoisotopic (exact) mass is 624 g/mol. The molecule has 3 heterocycles. The Balaban J connectivity index is 1.42. The van der Waals surface area contributed by atoms with Crippen LogP contribution in [0.5, 0.6) is 11.5 Å². The minimum absolute atomic E-state index is 0.0904. The number of H-pyrrole nitrogens is 1. The molecule has 0 saturated carbocycles. The van der Waals surface area contributed by atoms with Gasteiger partial charge in [0, 0.05) is 43.4 Å². The summed E-state index contributed by atoms with van der Waals surface area (Å²) in [4.78, 5) is 43.9. The number of benzene rings is 2. The van der Waals surface area contributed by atoms with Crippen molar-refractivity contribution in [3.05, 3.63) is 105 Å². The molecule has 5 rings (SSSR count). The van der Waals surface area contributed by atoms with Crippen LogP contribution in [-0.4, -0.2) is 42.6 Å². The number of aromatic nitrogens is 5. The number of carbonyl (C=O) groups is 1. The number of anilines is 1. The van der Waals surface area contributed by atoms with Gasteiger partial charge < -0.3 is 10.1 Å². The lowest BCUT2D eigenvalue weighted by Crippen LogP contribution is -2.42. The van der Waals surface area contributed by atoms with Crippen LogP contribution in [0.4, 0.5) is 23.4 Å². The number of carbonyl (C=O) groups excluding carboxylic acids is 1. The summed E-state index contributed by atoms with van der Waals surface area (Å²) in [6.07, 6.45) is -0.729. The number of ketones is 1. The second-order valence-electron chi connectivity index (χ2n) is 10.7. The smallest absolute Gasteiger partial charge is 0.335 e. The summed E-state index contributed by atoms with van der Waals surface area (Å²) in [6.45, 7) is 4.97. The fourth-order valence-corrected chi connectivity index (χ4v) is 4.76. The molecule has 0 spiro atoms. The second-order valence-corrected chi connectivity index (χ2v) is 10.7. The van der Waals surface area contributed by atoms with Gasteiger partial charge in [-0.25, -0.2) is 31.9 Å². The number of aromatic amines is 1. The van der Waals surface area contributed by atoms with Crippen LogP contribution >= 0.6 is 0 Å². The summed E-state index contributed by atoms with van der Waals surface area (Å²) in [5.74, 6) is -1.88. The molecule has 234 valence electrons. The number of pyridine rings is 1. The Morgan fingerprint density at radius 2 is 1.76 bits per heavy atom. The first-order valence-corrected chi connectivity index (χ1v) is 13.9. The predicted molar refractivity (Wildman–Crippen MR) is 159 cm³/mol. The van der Waals surface area contributed by atoms with Crippen molar-refractivity contribution < 1.29 is 27.1 Å². The van der Waals surface area contributed by atoms with Crippen LogP contribution in [0.3, 0.4) is 0 Å². The number of rotatable bonds is 11. The Morgan fingerprint density at radius 3 is 2.42 bits per heavy atom. The van der Waals surface area contributed by atoms with E-state index in [0.29, 0.717) is 5.39 Å². The number of nitrogens with one attached hydrogen (secondary N) is 2. The summed E-state index contributed by atoms with van der Waals surface area (Å²) < 4.78 is 62.2. The van der Waals surface area contributed by atoms with E-state index in [4.69, 9.17) is 4.74 Å². The molecule has 0 aliphatic heterocycles. The molecule has 0 aliphatic carbocycles. The number of fused-ring (bicyclic) bond motifs is 1. The van der Waals surface area contributed by atoms with E-state index >= 15 is 4.39 Å². The molecule has 1 atom stereocenters. The highest BCUT2D eigenvalue weighted by Crippen LogP contribution is 2.34. The van der Waals surface area contributed by atoms with Crippen molar-refractivity contribution in [2.24, 2.45) is 0 Å². The van der Waals surface area contributed by atoms with Crippen LogP contribution in [-0.2, 0) is 6.42 Å². The van der Waals surface area contributed by atoms with Crippen molar-refractivity contribution in [2.45, 2.75) is 52.1 Å². The Labute approximate surface area is 253 Å². The largest absolute Gasteiger partial charge is 0.453 e. The molecule has 2 N–H and O–H groups in total. The molecule has 0 bridgehead atoms. The molecule has 0 aliphatic rings. The highest BCUT2D eigenvalue weighted by Gasteiger charge is 2.22. The van der Waals surface area contributed by atoms with E-state index in [1.807, 2.05) is 0 Å². The molecule has 2 aromatic carbocycles. The van der Waals surface area contributed by atoms with Gasteiger partial charge in [-0.05, 0) is 62.7 Å². The lowest BCUT2D eigenvalue weighted by Gasteiger charge is -2.15. The Hall–Kier alpha value is -5.27. The Kier molecular flexibility index (Phi) is 8.84. The van der Waals surface area contributed by atoms with E-state index in [0.717, 1.165) is 22.8 Å². The number of alkyl halides is 2. The molecular formula is C31H28F4N6O4. The van der Waals surface area contributed by atoms with Crippen LogP contribution in [0, 0.1) is 11.6 Å². The normalized spacial score (nSPS) is 12.2. The molecule has 0 saturated heterocycles. The van der Waals surface area contributed by atoms with Gasteiger partial charge in [-0.2, -0.15) is 5.10 Å². The average molecular weight is 625 g/mol. The number of halogens is 4. The summed E-state index contributed by atoms with van der Waals surface area (Å²) in [5.41, 5.74) is -1.28.